The zero-order chi connectivity index (χ0) is 11.3. The van der Waals surface area contributed by atoms with E-state index in [4.69, 9.17) is 23.2 Å². The van der Waals surface area contributed by atoms with E-state index in [1.807, 2.05) is 18.2 Å². The van der Waals surface area contributed by atoms with Crippen LogP contribution in [-0.2, 0) is 6.42 Å². The van der Waals surface area contributed by atoms with Crippen LogP contribution >= 0.6 is 39.1 Å². The van der Waals surface area contributed by atoms with E-state index in [9.17, 15) is 0 Å². The standard InChI is InChI=1S/C12H15BrCl2/c1-2-4-9(8-13)7-10-11(14)5-3-6-12(10)15/h3,5-6,9H,2,4,7-8H2,1H3. The highest BCUT2D eigenvalue weighted by Gasteiger charge is 2.12. The van der Waals surface area contributed by atoms with Gasteiger partial charge in [0.2, 0.25) is 0 Å². The second-order valence-corrected chi connectivity index (χ2v) is 5.18. The molecule has 0 aliphatic carbocycles. The Kier molecular flexibility index (Phi) is 6.03. The van der Waals surface area contributed by atoms with E-state index in [-0.39, 0.29) is 0 Å². The van der Waals surface area contributed by atoms with Gasteiger partial charge in [0.05, 0.1) is 0 Å². The highest BCUT2D eigenvalue weighted by Crippen LogP contribution is 2.28. The van der Waals surface area contributed by atoms with Crippen molar-refractivity contribution in [2.24, 2.45) is 5.92 Å². The molecule has 1 unspecified atom stereocenters. The maximum atomic E-state index is 6.13. The Morgan fingerprint density at radius 1 is 1.27 bits per heavy atom. The van der Waals surface area contributed by atoms with Crippen LogP contribution in [0.15, 0.2) is 18.2 Å². The summed E-state index contributed by atoms with van der Waals surface area (Å²) in [4.78, 5) is 0. The molecule has 0 aliphatic rings. The van der Waals surface area contributed by atoms with E-state index in [1.165, 1.54) is 12.8 Å². The minimum atomic E-state index is 0.618. The Hall–Kier alpha value is 0.280. The van der Waals surface area contributed by atoms with Crippen LogP contribution in [0.2, 0.25) is 10.0 Å². The minimum Gasteiger partial charge on any atom is -0.0925 e. The van der Waals surface area contributed by atoms with Crippen LogP contribution in [0.25, 0.3) is 0 Å². The quantitative estimate of drug-likeness (QED) is 0.643. The third kappa shape index (κ3) is 3.97. The number of hydrogen-bond acceptors (Lipinski definition) is 0. The number of halogens is 3. The first-order chi connectivity index (χ1) is 7.19. The molecule has 0 N–H and O–H groups in total. The van der Waals surface area contributed by atoms with Crippen molar-refractivity contribution in [3.63, 3.8) is 0 Å². The van der Waals surface area contributed by atoms with Crippen LogP contribution in [0.1, 0.15) is 25.3 Å². The van der Waals surface area contributed by atoms with Gasteiger partial charge in [-0.15, -0.1) is 0 Å². The molecule has 1 rings (SSSR count). The van der Waals surface area contributed by atoms with E-state index in [1.54, 1.807) is 0 Å². The van der Waals surface area contributed by atoms with Crippen molar-refractivity contribution in [3.05, 3.63) is 33.8 Å². The molecule has 0 fully saturated rings. The van der Waals surface area contributed by atoms with Gasteiger partial charge in [-0.05, 0) is 36.5 Å². The zero-order valence-corrected chi connectivity index (χ0v) is 11.9. The molecule has 84 valence electrons. The lowest BCUT2D eigenvalue weighted by molar-refractivity contribution is 0.534. The van der Waals surface area contributed by atoms with Crippen molar-refractivity contribution >= 4 is 39.1 Å². The third-order valence-electron chi connectivity index (χ3n) is 2.47. The number of rotatable bonds is 5. The fourth-order valence-electron chi connectivity index (χ4n) is 1.66. The largest absolute Gasteiger partial charge is 0.0925 e. The summed E-state index contributed by atoms with van der Waals surface area (Å²) in [7, 11) is 0. The van der Waals surface area contributed by atoms with Crippen LogP contribution in [0.4, 0.5) is 0 Å². The van der Waals surface area contributed by atoms with E-state index in [0.717, 1.165) is 27.4 Å². The van der Waals surface area contributed by atoms with Gasteiger partial charge in [-0.3, -0.25) is 0 Å². The van der Waals surface area contributed by atoms with Gasteiger partial charge >= 0.3 is 0 Å². The molecule has 0 aliphatic heterocycles. The van der Waals surface area contributed by atoms with Crippen LogP contribution in [0, 0.1) is 5.92 Å². The molecule has 1 aromatic carbocycles. The van der Waals surface area contributed by atoms with Gasteiger partial charge in [-0.2, -0.15) is 0 Å². The first-order valence-corrected chi connectivity index (χ1v) is 7.05. The Morgan fingerprint density at radius 3 is 2.33 bits per heavy atom. The van der Waals surface area contributed by atoms with Crippen molar-refractivity contribution in [2.45, 2.75) is 26.2 Å². The van der Waals surface area contributed by atoms with Gasteiger partial charge in [0.1, 0.15) is 0 Å². The highest BCUT2D eigenvalue weighted by molar-refractivity contribution is 9.09. The summed E-state index contributed by atoms with van der Waals surface area (Å²) in [5.74, 6) is 0.618. The predicted molar refractivity (Wildman–Crippen MR) is 72.4 cm³/mol. The summed E-state index contributed by atoms with van der Waals surface area (Å²) >= 11 is 15.8. The Bertz CT molecular complexity index is 292. The molecule has 0 amide bonds. The molecule has 0 nitrogen and oxygen atoms in total. The number of alkyl halides is 1. The molecule has 0 spiro atoms. The van der Waals surface area contributed by atoms with Crippen molar-refractivity contribution in [1.82, 2.24) is 0 Å². The summed E-state index contributed by atoms with van der Waals surface area (Å²) in [6.45, 7) is 2.20. The fourth-order valence-corrected chi connectivity index (χ4v) is 2.76. The van der Waals surface area contributed by atoms with Crippen molar-refractivity contribution in [2.75, 3.05) is 5.33 Å². The molecule has 0 heterocycles. The Labute approximate surface area is 110 Å². The zero-order valence-electron chi connectivity index (χ0n) is 8.77. The predicted octanol–water partition coefficient (Wildman–Crippen LogP) is 5.35. The average Bonchev–Trinajstić information content (AvgIpc) is 2.22. The topological polar surface area (TPSA) is 0 Å². The second kappa shape index (κ2) is 6.78. The van der Waals surface area contributed by atoms with Crippen molar-refractivity contribution in [1.29, 1.82) is 0 Å². The second-order valence-electron chi connectivity index (χ2n) is 3.71. The van der Waals surface area contributed by atoms with Gasteiger partial charge < -0.3 is 0 Å². The SMILES string of the molecule is CCCC(CBr)Cc1c(Cl)cccc1Cl. The lowest BCUT2D eigenvalue weighted by Gasteiger charge is -2.14. The number of benzene rings is 1. The molecule has 0 aromatic heterocycles. The lowest BCUT2D eigenvalue weighted by atomic mass is 9.97. The summed E-state index contributed by atoms with van der Waals surface area (Å²) in [5, 5.41) is 2.57. The maximum Gasteiger partial charge on any atom is 0.0452 e. The van der Waals surface area contributed by atoms with E-state index < -0.39 is 0 Å². The Morgan fingerprint density at radius 2 is 1.87 bits per heavy atom. The maximum absolute atomic E-state index is 6.13. The van der Waals surface area contributed by atoms with E-state index in [2.05, 4.69) is 22.9 Å². The summed E-state index contributed by atoms with van der Waals surface area (Å²) in [6.07, 6.45) is 3.35. The van der Waals surface area contributed by atoms with Crippen LogP contribution in [0.5, 0.6) is 0 Å². The first kappa shape index (κ1) is 13.3. The summed E-state index contributed by atoms with van der Waals surface area (Å²) in [6, 6.07) is 5.69. The molecular weight excluding hydrogens is 295 g/mol. The molecule has 1 atom stereocenters. The molecule has 3 heteroatoms. The van der Waals surface area contributed by atoms with Gasteiger partial charge in [0, 0.05) is 15.4 Å². The lowest BCUT2D eigenvalue weighted by Crippen LogP contribution is -2.06. The Balaban J connectivity index is 2.78. The smallest absolute Gasteiger partial charge is 0.0452 e. The normalized spacial score (nSPS) is 12.8. The summed E-state index contributed by atoms with van der Waals surface area (Å²) in [5.41, 5.74) is 1.08. The van der Waals surface area contributed by atoms with Gasteiger partial charge in [0.15, 0.2) is 0 Å². The van der Waals surface area contributed by atoms with Gasteiger partial charge in [-0.25, -0.2) is 0 Å². The molecule has 0 saturated carbocycles. The number of hydrogen-bond donors (Lipinski definition) is 0. The highest BCUT2D eigenvalue weighted by atomic mass is 79.9. The van der Waals surface area contributed by atoms with Gasteiger partial charge in [0.25, 0.3) is 0 Å². The third-order valence-corrected chi connectivity index (χ3v) is 4.09. The van der Waals surface area contributed by atoms with Crippen molar-refractivity contribution in [3.8, 4) is 0 Å². The molecule has 0 radical (unpaired) electrons. The molecule has 15 heavy (non-hydrogen) atoms. The molecule has 1 aromatic rings. The molecule has 0 saturated heterocycles. The molecule has 0 bridgehead atoms. The van der Waals surface area contributed by atoms with E-state index in [0.29, 0.717) is 5.92 Å². The first-order valence-electron chi connectivity index (χ1n) is 5.17. The minimum absolute atomic E-state index is 0.618. The summed E-state index contributed by atoms with van der Waals surface area (Å²) < 4.78 is 0. The van der Waals surface area contributed by atoms with Crippen molar-refractivity contribution < 1.29 is 0 Å². The van der Waals surface area contributed by atoms with Crippen LogP contribution < -0.4 is 0 Å². The van der Waals surface area contributed by atoms with Crippen LogP contribution in [-0.4, -0.2) is 5.33 Å². The van der Waals surface area contributed by atoms with Gasteiger partial charge in [-0.1, -0.05) is 58.5 Å². The van der Waals surface area contributed by atoms with E-state index >= 15 is 0 Å². The molecular formula is C12H15BrCl2. The fraction of sp³-hybridized carbons (Fsp3) is 0.500. The average molecular weight is 310 g/mol. The monoisotopic (exact) mass is 308 g/mol. The van der Waals surface area contributed by atoms with Crippen LogP contribution in [0.3, 0.4) is 0 Å².